The van der Waals surface area contributed by atoms with Crippen molar-refractivity contribution in [2.24, 2.45) is 0 Å². The molecule has 0 saturated heterocycles. The lowest BCUT2D eigenvalue weighted by Crippen LogP contribution is -2.27. The third-order valence-corrected chi connectivity index (χ3v) is 3.51. The normalized spacial score (nSPS) is 9.76. The summed E-state index contributed by atoms with van der Waals surface area (Å²) in [5.74, 6) is 0. The molecule has 1 aromatic carbocycles. The van der Waals surface area contributed by atoms with Gasteiger partial charge in [-0.2, -0.15) is 5.26 Å². The minimum Gasteiger partial charge on any atom is -0.331 e. The van der Waals surface area contributed by atoms with Crippen molar-refractivity contribution >= 4 is 23.5 Å². The van der Waals surface area contributed by atoms with Gasteiger partial charge in [-0.05, 0) is 24.3 Å². The maximum atomic E-state index is 11.7. The molecule has 2 aromatic rings. The molecule has 1 aromatic heterocycles. The van der Waals surface area contributed by atoms with Crippen LogP contribution < -0.4 is 5.32 Å². The summed E-state index contributed by atoms with van der Waals surface area (Å²) in [5.41, 5.74) is 0.973. The highest BCUT2D eigenvalue weighted by molar-refractivity contribution is 7.99. The standard InChI is InChI=1S/C14H13N5OS/c1-19(2)14(20)16-11-5-3-4-6-12(11)21-13-8-7-10(9-15)17-18-13/h3-8H,1-2H3,(H,16,20). The lowest BCUT2D eigenvalue weighted by atomic mass is 10.3. The first kappa shape index (κ1) is 14.8. The smallest absolute Gasteiger partial charge is 0.321 e. The molecule has 1 N–H and O–H groups in total. The van der Waals surface area contributed by atoms with Crippen LogP contribution in [-0.2, 0) is 0 Å². The summed E-state index contributed by atoms with van der Waals surface area (Å²) in [6, 6.07) is 12.5. The maximum Gasteiger partial charge on any atom is 0.321 e. The summed E-state index contributed by atoms with van der Waals surface area (Å²) in [7, 11) is 3.36. The Bertz CT molecular complexity index is 679. The van der Waals surface area contributed by atoms with E-state index in [1.54, 1.807) is 26.2 Å². The number of nitrogens with zero attached hydrogens (tertiary/aromatic N) is 4. The summed E-state index contributed by atoms with van der Waals surface area (Å²) in [6.45, 7) is 0. The molecule has 0 aliphatic rings. The fourth-order valence-corrected chi connectivity index (χ4v) is 2.25. The first-order valence-corrected chi connectivity index (χ1v) is 6.91. The third-order valence-electron chi connectivity index (χ3n) is 2.50. The van der Waals surface area contributed by atoms with Gasteiger partial charge in [0.2, 0.25) is 0 Å². The van der Waals surface area contributed by atoms with Crippen LogP contribution in [0.4, 0.5) is 10.5 Å². The lowest BCUT2D eigenvalue weighted by molar-refractivity contribution is 0.230. The van der Waals surface area contributed by atoms with Gasteiger partial charge < -0.3 is 10.2 Å². The Morgan fingerprint density at radius 1 is 1.24 bits per heavy atom. The van der Waals surface area contributed by atoms with Crippen LogP contribution in [-0.4, -0.2) is 35.2 Å². The zero-order chi connectivity index (χ0) is 15.2. The summed E-state index contributed by atoms with van der Waals surface area (Å²) >= 11 is 1.37. The van der Waals surface area contributed by atoms with Gasteiger partial charge in [0.15, 0.2) is 5.69 Å². The molecule has 106 valence electrons. The zero-order valence-corrected chi connectivity index (χ0v) is 12.4. The fraction of sp³-hybridized carbons (Fsp3) is 0.143. The van der Waals surface area contributed by atoms with Crippen molar-refractivity contribution in [2.75, 3.05) is 19.4 Å². The van der Waals surface area contributed by atoms with Crippen molar-refractivity contribution in [3.8, 4) is 6.07 Å². The second kappa shape index (κ2) is 6.72. The molecule has 0 atom stereocenters. The number of rotatable bonds is 3. The number of hydrogen-bond donors (Lipinski definition) is 1. The molecule has 0 bridgehead atoms. The van der Waals surface area contributed by atoms with E-state index in [-0.39, 0.29) is 11.7 Å². The van der Waals surface area contributed by atoms with Crippen molar-refractivity contribution in [1.29, 1.82) is 5.26 Å². The number of amides is 2. The Kier molecular flexibility index (Phi) is 4.74. The van der Waals surface area contributed by atoms with Crippen LogP contribution in [0.2, 0.25) is 0 Å². The Hall–Kier alpha value is -2.59. The van der Waals surface area contributed by atoms with E-state index >= 15 is 0 Å². The van der Waals surface area contributed by atoms with Crippen molar-refractivity contribution in [2.45, 2.75) is 9.92 Å². The molecule has 1 heterocycles. The van der Waals surface area contributed by atoms with E-state index in [1.165, 1.54) is 16.7 Å². The number of nitrogens with one attached hydrogen (secondary N) is 1. The monoisotopic (exact) mass is 299 g/mol. The molecule has 2 amide bonds. The van der Waals surface area contributed by atoms with Crippen LogP contribution >= 0.6 is 11.8 Å². The van der Waals surface area contributed by atoms with Gasteiger partial charge in [0.1, 0.15) is 11.1 Å². The van der Waals surface area contributed by atoms with Gasteiger partial charge in [0, 0.05) is 19.0 Å². The number of carbonyl (C=O) groups is 1. The Morgan fingerprint density at radius 3 is 2.62 bits per heavy atom. The van der Waals surface area contributed by atoms with Crippen LogP contribution in [0.15, 0.2) is 46.3 Å². The molecular formula is C14H13N5OS. The van der Waals surface area contributed by atoms with E-state index in [0.717, 1.165) is 4.90 Å². The van der Waals surface area contributed by atoms with Gasteiger partial charge in [-0.3, -0.25) is 0 Å². The Labute approximate surface area is 126 Å². The van der Waals surface area contributed by atoms with Crippen LogP contribution in [0, 0.1) is 11.3 Å². The fourth-order valence-electron chi connectivity index (χ4n) is 1.43. The molecular weight excluding hydrogens is 286 g/mol. The molecule has 0 spiro atoms. The van der Waals surface area contributed by atoms with Gasteiger partial charge in [-0.15, -0.1) is 10.2 Å². The average Bonchev–Trinajstić information content (AvgIpc) is 2.50. The summed E-state index contributed by atoms with van der Waals surface area (Å²) < 4.78 is 0. The Morgan fingerprint density at radius 2 is 2.00 bits per heavy atom. The minimum atomic E-state index is -0.200. The van der Waals surface area contributed by atoms with Crippen molar-refractivity contribution in [3.05, 3.63) is 42.1 Å². The van der Waals surface area contributed by atoms with Crippen LogP contribution in [0.25, 0.3) is 0 Å². The number of para-hydroxylation sites is 1. The second-order valence-corrected chi connectivity index (χ2v) is 5.35. The molecule has 0 radical (unpaired) electrons. The SMILES string of the molecule is CN(C)C(=O)Nc1ccccc1Sc1ccc(C#N)nn1. The summed E-state index contributed by atoms with van der Waals surface area (Å²) in [6.07, 6.45) is 0. The number of benzene rings is 1. The highest BCUT2D eigenvalue weighted by Gasteiger charge is 2.09. The molecule has 2 rings (SSSR count). The maximum absolute atomic E-state index is 11.7. The Balaban J connectivity index is 2.19. The molecule has 0 aliphatic heterocycles. The van der Waals surface area contributed by atoms with Gasteiger partial charge in [-0.1, -0.05) is 23.9 Å². The zero-order valence-electron chi connectivity index (χ0n) is 11.6. The first-order chi connectivity index (χ1) is 10.1. The number of anilines is 1. The van der Waals surface area contributed by atoms with E-state index in [9.17, 15) is 4.79 Å². The molecule has 0 fully saturated rings. The second-order valence-electron chi connectivity index (χ2n) is 4.29. The lowest BCUT2D eigenvalue weighted by Gasteiger charge is -2.14. The van der Waals surface area contributed by atoms with E-state index in [2.05, 4.69) is 15.5 Å². The van der Waals surface area contributed by atoms with E-state index in [4.69, 9.17) is 5.26 Å². The topological polar surface area (TPSA) is 81.9 Å². The largest absolute Gasteiger partial charge is 0.331 e. The van der Waals surface area contributed by atoms with Gasteiger partial charge >= 0.3 is 6.03 Å². The van der Waals surface area contributed by atoms with Crippen molar-refractivity contribution < 1.29 is 4.79 Å². The van der Waals surface area contributed by atoms with Gasteiger partial charge in [-0.25, -0.2) is 4.79 Å². The number of carbonyl (C=O) groups excluding carboxylic acids is 1. The third kappa shape index (κ3) is 3.94. The van der Waals surface area contributed by atoms with E-state index < -0.39 is 0 Å². The quantitative estimate of drug-likeness (QED) is 0.942. The molecule has 0 aliphatic carbocycles. The van der Waals surface area contributed by atoms with Crippen LogP contribution in [0.5, 0.6) is 0 Å². The highest BCUT2D eigenvalue weighted by Crippen LogP contribution is 2.31. The highest BCUT2D eigenvalue weighted by atomic mass is 32.2. The molecule has 0 saturated carbocycles. The van der Waals surface area contributed by atoms with Crippen molar-refractivity contribution in [3.63, 3.8) is 0 Å². The summed E-state index contributed by atoms with van der Waals surface area (Å²) in [4.78, 5) is 14.1. The number of urea groups is 1. The molecule has 6 nitrogen and oxygen atoms in total. The molecule has 21 heavy (non-hydrogen) atoms. The van der Waals surface area contributed by atoms with Crippen LogP contribution in [0.3, 0.4) is 0 Å². The van der Waals surface area contributed by atoms with Gasteiger partial charge in [0.25, 0.3) is 0 Å². The van der Waals surface area contributed by atoms with E-state index in [0.29, 0.717) is 10.7 Å². The first-order valence-electron chi connectivity index (χ1n) is 6.09. The number of nitriles is 1. The minimum absolute atomic E-state index is 0.200. The number of hydrogen-bond acceptors (Lipinski definition) is 5. The average molecular weight is 299 g/mol. The summed E-state index contributed by atoms with van der Waals surface area (Å²) in [5, 5.41) is 19.9. The predicted octanol–water partition coefficient (Wildman–Crippen LogP) is 2.59. The van der Waals surface area contributed by atoms with E-state index in [1.807, 2.05) is 30.3 Å². The molecule has 7 heteroatoms. The van der Waals surface area contributed by atoms with Crippen molar-refractivity contribution in [1.82, 2.24) is 15.1 Å². The van der Waals surface area contributed by atoms with Gasteiger partial charge in [0.05, 0.1) is 5.69 Å². The molecule has 0 unspecified atom stereocenters. The number of aromatic nitrogens is 2. The van der Waals surface area contributed by atoms with Crippen LogP contribution in [0.1, 0.15) is 5.69 Å². The predicted molar refractivity (Wildman–Crippen MR) is 80.0 cm³/mol.